The van der Waals surface area contributed by atoms with Crippen LogP contribution in [0.15, 0.2) is 53.0 Å². The third-order valence-electron chi connectivity index (χ3n) is 6.68. The van der Waals surface area contributed by atoms with Crippen LogP contribution in [-0.4, -0.2) is 50.3 Å². The van der Waals surface area contributed by atoms with Gasteiger partial charge in [-0.3, -0.25) is 9.69 Å². The van der Waals surface area contributed by atoms with Crippen LogP contribution < -0.4 is 10.5 Å². The number of methoxy groups -OCH3 is 1. The Kier molecular flexibility index (Phi) is 11.0. The summed E-state index contributed by atoms with van der Waals surface area (Å²) in [6, 6.07) is 15.3. The highest BCUT2D eigenvalue weighted by Crippen LogP contribution is 2.28. The van der Waals surface area contributed by atoms with Gasteiger partial charge in [0.1, 0.15) is 5.75 Å². The molecule has 0 saturated heterocycles. The minimum atomic E-state index is -0.397. The van der Waals surface area contributed by atoms with Gasteiger partial charge in [-0.05, 0) is 94.9 Å². The van der Waals surface area contributed by atoms with E-state index < -0.39 is 5.97 Å². The number of rotatable bonds is 13. The standard InChI is InChI=1S/C30H37BrN2O5/c1-5-33(6-2)19-25-16-24(18-27(31)28(25)32)30(35)38-14-8-7-13-37-29(34)20(3)21-9-10-23-17-26(36-4)12-11-22(23)15-21/h9-12,15-18,20H,5-8,13-14,19,32H2,1-4H3. The summed E-state index contributed by atoms with van der Waals surface area (Å²) in [5.74, 6) is -0.257. The zero-order valence-corrected chi connectivity index (χ0v) is 24.2. The summed E-state index contributed by atoms with van der Waals surface area (Å²) in [6.45, 7) is 8.98. The Bertz CT molecular complexity index is 1260. The Morgan fingerprint density at radius 3 is 2.29 bits per heavy atom. The second kappa shape index (κ2) is 14.2. The van der Waals surface area contributed by atoms with E-state index in [0.29, 0.717) is 35.1 Å². The van der Waals surface area contributed by atoms with Gasteiger partial charge in [-0.25, -0.2) is 4.79 Å². The molecule has 0 bridgehead atoms. The van der Waals surface area contributed by atoms with Crippen molar-refractivity contribution >= 4 is 44.3 Å². The van der Waals surface area contributed by atoms with Gasteiger partial charge in [-0.1, -0.05) is 38.1 Å². The number of halogens is 1. The van der Waals surface area contributed by atoms with Crippen molar-refractivity contribution in [2.45, 2.75) is 46.1 Å². The molecule has 0 aliphatic carbocycles. The molecule has 2 N–H and O–H groups in total. The molecule has 0 aromatic heterocycles. The lowest BCUT2D eigenvalue weighted by Gasteiger charge is -2.20. The molecule has 8 heteroatoms. The SMILES string of the molecule is CCN(CC)Cc1cc(C(=O)OCCCCOC(=O)C(C)c2ccc3cc(OC)ccc3c2)cc(Br)c1N. The molecule has 0 fully saturated rings. The highest BCUT2D eigenvalue weighted by molar-refractivity contribution is 9.10. The molecule has 0 saturated carbocycles. The Hall–Kier alpha value is -3.10. The lowest BCUT2D eigenvalue weighted by atomic mass is 9.98. The lowest BCUT2D eigenvalue weighted by Crippen LogP contribution is -2.23. The number of hydrogen-bond acceptors (Lipinski definition) is 7. The number of nitrogens with two attached hydrogens (primary N) is 1. The van der Waals surface area contributed by atoms with Crippen molar-refractivity contribution in [1.29, 1.82) is 0 Å². The molecular weight excluding hydrogens is 548 g/mol. The van der Waals surface area contributed by atoms with Crippen LogP contribution in [0.2, 0.25) is 0 Å². The predicted octanol–water partition coefficient (Wildman–Crippen LogP) is 6.32. The van der Waals surface area contributed by atoms with Gasteiger partial charge >= 0.3 is 11.9 Å². The highest BCUT2D eigenvalue weighted by atomic mass is 79.9. The third-order valence-corrected chi connectivity index (χ3v) is 7.34. The normalized spacial score (nSPS) is 11.9. The zero-order chi connectivity index (χ0) is 27.7. The van der Waals surface area contributed by atoms with Gasteiger partial charge in [0.15, 0.2) is 0 Å². The number of carbonyl (C=O) groups is 2. The van der Waals surface area contributed by atoms with Crippen LogP contribution in [0.4, 0.5) is 5.69 Å². The van der Waals surface area contributed by atoms with E-state index in [4.69, 9.17) is 19.9 Å². The molecule has 0 radical (unpaired) electrons. The van der Waals surface area contributed by atoms with E-state index >= 15 is 0 Å². The number of nitrogens with zero attached hydrogens (tertiary/aromatic N) is 1. The minimum Gasteiger partial charge on any atom is -0.497 e. The number of nitrogen functional groups attached to an aromatic ring is 1. The van der Waals surface area contributed by atoms with Gasteiger partial charge in [0.25, 0.3) is 0 Å². The maximum absolute atomic E-state index is 12.6. The van der Waals surface area contributed by atoms with E-state index in [2.05, 4.69) is 34.7 Å². The van der Waals surface area contributed by atoms with Crippen LogP contribution in [0.1, 0.15) is 61.0 Å². The van der Waals surface area contributed by atoms with Crippen LogP contribution in [0, 0.1) is 0 Å². The molecule has 3 aromatic carbocycles. The molecule has 7 nitrogen and oxygen atoms in total. The molecular formula is C30H37BrN2O5. The summed E-state index contributed by atoms with van der Waals surface area (Å²) < 4.78 is 16.9. The molecule has 0 heterocycles. The first-order chi connectivity index (χ1) is 18.3. The van der Waals surface area contributed by atoms with Crippen molar-refractivity contribution in [3.8, 4) is 5.75 Å². The van der Waals surface area contributed by atoms with Gasteiger partial charge in [-0.15, -0.1) is 0 Å². The van der Waals surface area contributed by atoms with Gasteiger partial charge in [0.2, 0.25) is 0 Å². The van der Waals surface area contributed by atoms with E-state index in [0.717, 1.165) is 40.7 Å². The van der Waals surface area contributed by atoms with Crippen LogP contribution in [0.3, 0.4) is 0 Å². The number of carbonyl (C=O) groups excluding carboxylic acids is 2. The number of anilines is 1. The number of fused-ring (bicyclic) bond motifs is 1. The van der Waals surface area contributed by atoms with Gasteiger partial charge in [0.05, 0.1) is 37.5 Å². The van der Waals surface area contributed by atoms with Gasteiger partial charge < -0.3 is 19.9 Å². The fraction of sp³-hybridized carbons (Fsp3) is 0.400. The number of esters is 2. The van der Waals surface area contributed by atoms with Crippen molar-refractivity contribution in [2.75, 3.05) is 39.1 Å². The summed E-state index contributed by atoms with van der Waals surface area (Å²) in [5.41, 5.74) is 9.09. The summed E-state index contributed by atoms with van der Waals surface area (Å²) in [5, 5.41) is 2.09. The first-order valence-corrected chi connectivity index (χ1v) is 13.8. The topological polar surface area (TPSA) is 91.1 Å². The second-order valence-electron chi connectivity index (χ2n) is 9.20. The molecule has 1 atom stereocenters. The molecule has 0 aliphatic rings. The van der Waals surface area contributed by atoms with Crippen molar-refractivity contribution in [3.05, 3.63) is 69.7 Å². The first kappa shape index (κ1) is 29.5. The molecule has 0 aliphatic heterocycles. The Balaban J connectivity index is 1.44. The Morgan fingerprint density at radius 2 is 1.61 bits per heavy atom. The third kappa shape index (κ3) is 7.71. The summed E-state index contributed by atoms with van der Waals surface area (Å²) in [7, 11) is 1.64. The maximum atomic E-state index is 12.6. The molecule has 3 aromatic rings. The molecule has 0 amide bonds. The average Bonchev–Trinajstić information content (AvgIpc) is 2.94. The predicted molar refractivity (Wildman–Crippen MR) is 155 cm³/mol. The maximum Gasteiger partial charge on any atom is 0.338 e. The zero-order valence-electron chi connectivity index (χ0n) is 22.6. The van der Waals surface area contributed by atoms with Crippen molar-refractivity contribution in [2.24, 2.45) is 0 Å². The van der Waals surface area contributed by atoms with Crippen molar-refractivity contribution < 1.29 is 23.8 Å². The largest absolute Gasteiger partial charge is 0.497 e. The van der Waals surface area contributed by atoms with Crippen LogP contribution in [0.25, 0.3) is 10.8 Å². The minimum absolute atomic E-state index is 0.244. The summed E-state index contributed by atoms with van der Waals surface area (Å²) in [6.07, 6.45) is 1.19. The van der Waals surface area contributed by atoms with E-state index in [1.165, 1.54) is 0 Å². The summed E-state index contributed by atoms with van der Waals surface area (Å²) >= 11 is 3.46. The van der Waals surface area contributed by atoms with E-state index in [1.54, 1.807) is 19.2 Å². The Morgan fingerprint density at radius 1 is 0.947 bits per heavy atom. The van der Waals surface area contributed by atoms with Gasteiger partial charge in [-0.2, -0.15) is 0 Å². The van der Waals surface area contributed by atoms with Crippen LogP contribution in [-0.2, 0) is 20.8 Å². The van der Waals surface area contributed by atoms with Crippen molar-refractivity contribution in [3.63, 3.8) is 0 Å². The van der Waals surface area contributed by atoms with Crippen LogP contribution in [0.5, 0.6) is 5.75 Å². The molecule has 204 valence electrons. The number of ether oxygens (including phenoxy) is 3. The molecule has 38 heavy (non-hydrogen) atoms. The lowest BCUT2D eigenvalue weighted by molar-refractivity contribution is -0.145. The quantitative estimate of drug-likeness (QED) is 0.143. The Labute approximate surface area is 233 Å². The smallest absolute Gasteiger partial charge is 0.338 e. The number of unbranched alkanes of at least 4 members (excludes halogenated alkanes) is 1. The summed E-state index contributed by atoms with van der Waals surface area (Å²) in [4.78, 5) is 27.4. The second-order valence-corrected chi connectivity index (χ2v) is 10.1. The van der Waals surface area contributed by atoms with E-state index in [1.807, 2.05) is 43.3 Å². The monoisotopic (exact) mass is 584 g/mol. The van der Waals surface area contributed by atoms with E-state index in [9.17, 15) is 9.59 Å². The molecule has 1 unspecified atom stereocenters. The fourth-order valence-corrected chi connectivity index (χ4v) is 4.64. The van der Waals surface area contributed by atoms with Crippen molar-refractivity contribution in [1.82, 2.24) is 4.90 Å². The van der Waals surface area contributed by atoms with Crippen LogP contribution >= 0.6 is 15.9 Å². The number of hydrogen-bond donors (Lipinski definition) is 1. The van der Waals surface area contributed by atoms with E-state index in [-0.39, 0.29) is 25.1 Å². The average molecular weight is 586 g/mol. The first-order valence-electron chi connectivity index (χ1n) is 13.0. The molecule has 0 spiro atoms. The fourth-order valence-electron chi connectivity index (χ4n) is 4.14. The molecule has 3 rings (SSSR count). The number of benzene rings is 3. The highest BCUT2D eigenvalue weighted by Gasteiger charge is 2.18. The van der Waals surface area contributed by atoms with Gasteiger partial charge in [0, 0.05) is 11.0 Å².